The maximum atomic E-state index is 5.80. The van der Waals surface area contributed by atoms with E-state index < -0.39 is 0 Å². The molecule has 0 amide bonds. The van der Waals surface area contributed by atoms with Crippen LogP contribution in [-0.4, -0.2) is 27.4 Å². The van der Waals surface area contributed by atoms with Crippen LogP contribution in [0.5, 0.6) is 0 Å². The van der Waals surface area contributed by atoms with Crippen molar-refractivity contribution in [3.05, 3.63) is 36.2 Å². The fourth-order valence-electron chi connectivity index (χ4n) is 2.89. The number of nitrogens with two attached hydrogens (primary N) is 1. The Balaban J connectivity index is 1.77. The Bertz CT molecular complexity index is 491. The molecule has 1 fully saturated rings. The van der Waals surface area contributed by atoms with Gasteiger partial charge in [0.15, 0.2) is 5.11 Å². The summed E-state index contributed by atoms with van der Waals surface area (Å²) in [4.78, 5) is 3.08. The topological polar surface area (TPSA) is 57.4 Å². The van der Waals surface area contributed by atoms with E-state index in [1.165, 1.54) is 6.42 Å². The average Bonchev–Trinajstić information content (AvgIpc) is 3.05. The Morgan fingerprint density at radius 3 is 2.94 bits per heavy atom. The molecule has 1 aromatic heterocycles. The number of nitrogens with zero attached hydrogens (tertiary/aromatic N) is 2. The molecule has 3 unspecified atom stereocenters. The molecule has 0 spiro atoms. The molecule has 2 aliphatic carbocycles. The second-order valence-corrected chi connectivity index (χ2v) is 5.32. The molecule has 3 atom stereocenters. The van der Waals surface area contributed by atoms with Crippen molar-refractivity contribution in [1.29, 1.82) is 0 Å². The van der Waals surface area contributed by atoms with E-state index in [4.69, 9.17) is 18.0 Å². The van der Waals surface area contributed by atoms with Crippen molar-refractivity contribution in [1.82, 2.24) is 9.99 Å². The number of thiocarbonyl (C=S) groups is 1. The fraction of sp³-hybridized carbons (Fsp3) is 0.385. The number of H-pyrrole nitrogens is 1. The highest BCUT2D eigenvalue weighted by atomic mass is 32.1. The lowest BCUT2D eigenvalue weighted by molar-refractivity contribution is 0.288. The summed E-state index contributed by atoms with van der Waals surface area (Å²) in [5, 5.41) is 6.59. The first-order valence-electron chi connectivity index (χ1n) is 6.18. The molecule has 1 saturated carbocycles. The van der Waals surface area contributed by atoms with Gasteiger partial charge in [-0.1, -0.05) is 12.2 Å². The first-order valence-corrected chi connectivity index (χ1v) is 6.59. The van der Waals surface area contributed by atoms with Crippen LogP contribution in [0.15, 0.2) is 35.6 Å². The molecule has 18 heavy (non-hydrogen) atoms. The molecule has 3 N–H and O–H groups in total. The van der Waals surface area contributed by atoms with Crippen molar-refractivity contribution in [3.8, 4) is 0 Å². The van der Waals surface area contributed by atoms with Gasteiger partial charge in [-0.2, -0.15) is 5.10 Å². The van der Waals surface area contributed by atoms with E-state index in [1.54, 1.807) is 11.2 Å². The molecule has 1 aromatic rings. The zero-order valence-electron chi connectivity index (χ0n) is 9.99. The van der Waals surface area contributed by atoms with Crippen LogP contribution in [0.4, 0.5) is 0 Å². The van der Waals surface area contributed by atoms with Crippen LogP contribution >= 0.6 is 12.2 Å². The zero-order chi connectivity index (χ0) is 12.5. The lowest BCUT2D eigenvalue weighted by Crippen LogP contribution is -2.41. The quantitative estimate of drug-likeness (QED) is 0.377. The number of allylic oxidation sites excluding steroid dienone is 1. The molecule has 5 heteroatoms. The number of hydrogen-bond donors (Lipinski definition) is 2. The number of nitrogens with one attached hydrogen (secondary N) is 1. The molecular formula is C13H16N4S. The number of rotatable bonds is 3. The van der Waals surface area contributed by atoms with Gasteiger partial charge in [-0.15, -0.1) is 0 Å². The summed E-state index contributed by atoms with van der Waals surface area (Å²) >= 11 is 5.12. The van der Waals surface area contributed by atoms with Gasteiger partial charge in [0.25, 0.3) is 0 Å². The first kappa shape index (κ1) is 11.5. The highest BCUT2D eigenvalue weighted by Gasteiger charge is 2.39. The van der Waals surface area contributed by atoms with E-state index in [2.05, 4.69) is 22.2 Å². The highest BCUT2D eigenvalue weighted by molar-refractivity contribution is 7.80. The third-order valence-electron chi connectivity index (χ3n) is 3.73. The van der Waals surface area contributed by atoms with E-state index >= 15 is 0 Å². The van der Waals surface area contributed by atoms with Gasteiger partial charge in [-0.25, -0.2) is 5.01 Å². The minimum Gasteiger partial charge on any atom is -0.375 e. The SMILES string of the molecule is NC(=S)N(N=Cc1ccc[nH]1)C1CC2C=CC1C2. The smallest absolute Gasteiger partial charge is 0.187 e. The van der Waals surface area contributed by atoms with Gasteiger partial charge in [0.05, 0.1) is 18.0 Å². The molecule has 4 nitrogen and oxygen atoms in total. The minimum absolute atomic E-state index is 0.323. The van der Waals surface area contributed by atoms with Crippen LogP contribution in [0.2, 0.25) is 0 Å². The third kappa shape index (κ3) is 2.06. The van der Waals surface area contributed by atoms with E-state index in [0.29, 0.717) is 23.0 Å². The molecule has 2 aliphatic rings. The van der Waals surface area contributed by atoms with E-state index in [-0.39, 0.29) is 0 Å². The molecule has 3 rings (SSSR count). The van der Waals surface area contributed by atoms with E-state index in [9.17, 15) is 0 Å². The van der Waals surface area contributed by atoms with Gasteiger partial charge in [-0.3, -0.25) is 0 Å². The van der Waals surface area contributed by atoms with Crippen LogP contribution in [0.1, 0.15) is 18.5 Å². The van der Waals surface area contributed by atoms with Crippen LogP contribution in [0.3, 0.4) is 0 Å². The molecular weight excluding hydrogens is 244 g/mol. The minimum atomic E-state index is 0.323. The van der Waals surface area contributed by atoms with Crippen LogP contribution in [0, 0.1) is 11.8 Å². The van der Waals surface area contributed by atoms with Gasteiger partial charge in [-0.05, 0) is 49.0 Å². The fourth-order valence-corrected chi connectivity index (χ4v) is 3.07. The summed E-state index contributed by atoms with van der Waals surface area (Å²) in [5.41, 5.74) is 6.75. The predicted molar refractivity (Wildman–Crippen MR) is 76.2 cm³/mol. The predicted octanol–water partition coefficient (Wildman–Crippen LogP) is 1.86. The van der Waals surface area contributed by atoms with E-state index in [1.807, 2.05) is 18.3 Å². The third-order valence-corrected chi connectivity index (χ3v) is 3.91. The molecule has 0 saturated heterocycles. The van der Waals surface area contributed by atoms with Gasteiger partial charge >= 0.3 is 0 Å². The molecule has 0 aromatic carbocycles. The monoisotopic (exact) mass is 260 g/mol. The van der Waals surface area contributed by atoms with Crippen molar-refractivity contribution in [3.63, 3.8) is 0 Å². The zero-order valence-corrected chi connectivity index (χ0v) is 10.8. The van der Waals surface area contributed by atoms with Crippen molar-refractivity contribution in [2.75, 3.05) is 0 Å². The summed E-state index contributed by atoms with van der Waals surface area (Å²) < 4.78 is 0. The number of fused-ring (bicyclic) bond motifs is 2. The second kappa shape index (κ2) is 4.57. The van der Waals surface area contributed by atoms with Crippen molar-refractivity contribution >= 4 is 23.5 Å². The first-order chi connectivity index (χ1) is 8.74. The molecule has 0 aliphatic heterocycles. The van der Waals surface area contributed by atoms with Crippen LogP contribution in [-0.2, 0) is 0 Å². The van der Waals surface area contributed by atoms with E-state index in [0.717, 1.165) is 12.1 Å². The number of hydrazone groups is 1. The number of aromatic amines is 1. The summed E-state index contributed by atoms with van der Waals surface area (Å²) in [6.45, 7) is 0. The maximum Gasteiger partial charge on any atom is 0.187 e. The van der Waals surface area contributed by atoms with Gasteiger partial charge in [0.2, 0.25) is 0 Å². The highest BCUT2D eigenvalue weighted by Crippen LogP contribution is 2.41. The standard InChI is InChI=1S/C13H16N4S/c14-13(18)17(16-8-11-2-1-5-15-11)12-7-9-3-4-10(12)6-9/h1-5,8-10,12,15H,6-7H2,(H2,14,18). The van der Waals surface area contributed by atoms with Gasteiger partial charge in [0.1, 0.15) is 0 Å². The number of aromatic nitrogens is 1. The Morgan fingerprint density at radius 2 is 2.39 bits per heavy atom. The largest absolute Gasteiger partial charge is 0.375 e. The lowest BCUT2D eigenvalue weighted by atomic mass is 10.0. The average molecular weight is 260 g/mol. The Kier molecular flexibility index (Phi) is 2.91. The molecule has 0 radical (unpaired) electrons. The summed E-state index contributed by atoms with van der Waals surface area (Å²) in [6.07, 6.45) is 10.5. The summed E-state index contributed by atoms with van der Waals surface area (Å²) in [6, 6.07) is 4.22. The normalized spacial score (nSPS) is 29.2. The number of hydrogen-bond acceptors (Lipinski definition) is 2. The van der Waals surface area contributed by atoms with Crippen molar-refractivity contribution in [2.24, 2.45) is 22.7 Å². The van der Waals surface area contributed by atoms with Gasteiger partial charge in [0, 0.05) is 6.20 Å². The Morgan fingerprint density at radius 1 is 1.50 bits per heavy atom. The van der Waals surface area contributed by atoms with Crippen LogP contribution in [0.25, 0.3) is 0 Å². The van der Waals surface area contributed by atoms with Gasteiger partial charge < -0.3 is 10.7 Å². The summed E-state index contributed by atoms with van der Waals surface area (Å²) in [5.74, 6) is 1.22. The molecule has 94 valence electrons. The second-order valence-electron chi connectivity index (χ2n) is 4.90. The van der Waals surface area contributed by atoms with Crippen LogP contribution < -0.4 is 5.73 Å². The van der Waals surface area contributed by atoms with Crippen molar-refractivity contribution in [2.45, 2.75) is 18.9 Å². The Hall–Kier alpha value is -1.62. The summed E-state index contributed by atoms with van der Waals surface area (Å²) in [7, 11) is 0. The molecule has 2 bridgehead atoms. The maximum absolute atomic E-state index is 5.80. The molecule has 1 heterocycles. The Labute approximate surface area is 112 Å². The van der Waals surface area contributed by atoms with Crippen molar-refractivity contribution < 1.29 is 0 Å². The lowest BCUT2D eigenvalue weighted by Gasteiger charge is -2.28.